The Morgan fingerprint density at radius 3 is 2.62 bits per heavy atom. The third kappa shape index (κ3) is 5.45. The molecule has 1 unspecified atom stereocenters. The third-order valence-electron chi connectivity index (χ3n) is 4.43. The number of rotatable bonds is 8. The molecule has 1 aliphatic heterocycles. The second-order valence-electron chi connectivity index (χ2n) is 5.97. The van der Waals surface area contributed by atoms with Gasteiger partial charge in [-0.1, -0.05) is 30.3 Å². The third-order valence-corrected chi connectivity index (χ3v) is 4.43. The van der Waals surface area contributed by atoms with Crippen molar-refractivity contribution in [2.45, 2.75) is 25.9 Å². The SMILES string of the molecule is CCOCCOC(C)C(=O)N1C[C@@H](CN)[C@H](c2ccccc2)C1.Cl. The second kappa shape index (κ2) is 10.7. The number of amides is 1. The lowest BCUT2D eigenvalue weighted by atomic mass is 9.89. The van der Waals surface area contributed by atoms with Crippen LogP contribution in [0.4, 0.5) is 0 Å². The van der Waals surface area contributed by atoms with Crippen molar-refractivity contribution in [1.29, 1.82) is 0 Å². The van der Waals surface area contributed by atoms with Crippen molar-refractivity contribution in [3.63, 3.8) is 0 Å². The van der Waals surface area contributed by atoms with Crippen LogP contribution >= 0.6 is 12.4 Å². The average Bonchev–Trinajstić information content (AvgIpc) is 3.03. The molecule has 0 bridgehead atoms. The summed E-state index contributed by atoms with van der Waals surface area (Å²) < 4.78 is 10.8. The second-order valence-corrected chi connectivity index (χ2v) is 5.97. The highest BCUT2D eigenvalue weighted by Gasteiger charge is 2.36. The standard InChI is InChI=1S/C18H28N2O3.ClH/c1-3-22-9-10-23-14(2)18(21)20-12-16(11-19)17(13-20)15-7-5-4-6-8-15;/h4-8,14,16-17H,3,9-13,19H2,1-2H3;1H/t14?,16-,17+;/m1./s1. The lowest BCUT2D eigenvalue weighted by molar-refractivity contribution is -0.142. The van der Waals surface area contributed by atoms with Crippen molar-refractivity contribution in [3.8, 4) is 0 Å². The van der Waals surface area contributed by atoms with Crippen LogP contribution in [0.15, 0.2) is 30.3 Å². The van der Waals surface area contributed by atoms with E-state index in [1.807, 2.05) is 36.9 Å². The molecule has 1 aromatic rings. The topological polar surface area (TPSA) is 64.8 Å². The van der Waals surface area contributed by atoms with Gasteiger partial charge in [-0.25, -0.2) is 0 Å². The number of nitrogens with zero attached hydrogens (tertiary/aromatic N) is 1. The summed E-state index contributed by atoms with van der Waals surface area (Å²) in [6.45, 7) is 7.37. The van der Waals surface area contributed by atoms with Crippen molar-refractivity contribution in [1.82, 2.24) is 4.90 Å². The number of halogens is 1. The van der Waals surface area contributed by atoms with Crippen LogP contribution in [0.3, 0.4) is 0 Å². The van der Waals surface area contributed by atoms with Gasteiger partial charge in [0.05, 0.1) is 13.2 Å². The molecule has 0 spiro atoms. The predicted molar refractivity (Wildman–Crippen MR) is 97.5 cm³/mol. The van der Waals surface area contributed by atoms with Crippen LogP contribution in [-0.4, -0.2) is 56.4 Å². The molecular formula is C18H29ClN2O3. The molecule has 1 saturated heterocycles. The molecule has 24 heavy (non-hydrogen) atoms. The molecule has 0 saturated carbocycles. The first-order valence-electron chi connectivity index (χ1n) is 8.40. The molecule has 1 fully saturated rings. The number of hydrogen-bond donors (Lipinski definition) is 1. The van der Waals surface area contributed by atoms with E-state index in [9.17, 15) is 4.79 Å². The van der Waals surface area contributed by atoms with Crippen LogP contribution in [0.2, 0.25) is 0 Å². The summed E-state index contributed by atoms with van der Waals surface area (Å²) in [6, 6.07) is 10.3. The Kier molecular flexibility index (Phi) is 9.29. The van der Waals surface area contributed by atoms with E-state index in [0.717, 1.165) is 0 Å². The Morgan fingerprint density at radius 1 is 1.29 bits per heavy atom. The van der Waals surface area contributed by atoms with E-state index in [0.29, 0.717) is 51.3 Å². The first-order valence-corrected chi connectivity index (χ1v) is 8.40. The quantitative estimate of drug-likeness (QED) is 0.724. The maximum Gasteiger partial charge on any atom is 0.251 e. The van der Waals surface area contributed by atoms with Crippen LogP contribution in [0.1, 0.15) is 25.3 Å². The molecule has 3 atom stereocenters. The highest BCUT2D eigenvalue weighted by molar-refractivity contribution is 5.85. The zero-order valence-electron chi connectivity index (χ0n) is 14.5. The van der Waals surface area contributed by atoms with Gasteiger partial charge in [0.2, 0.25) is 0 Å². The van der Waals surface area contributed by atoms with Gasteiger partial charge in [0.1, 0.15) is 6.10 Å². The molecule has 5 nitrogen and oxygen atoms in total. The van der Waals surface area contributed by atoms with Crippen molar-refractivity contribution < 1.29 is 14.3 Å². The normalized spacial score (nSPS) is 21.4. The fraction of sp³-hybridized carbons (Fsp3) is 0.611. The summed E-state index contributed by atoms with van der Waals surface area (Å²) in [5.41, 5.74) is 7.18. The number of nitrogens with two attached hydrogens (primary N) is 1. The number of carbonyl (C=O) groups is 1. The van der Waals surface area contributed by atoms with Crippen LogP contribution < -0.4 is 5.73 Å². The van der Waals surface area contributed by atoms with Gasteiger partial charge < -0.3 is 20.1 Å². The van der Waals surface area contributed by atoms with Gasteiger partial charge in [-0.15, -0.1) is 12.4 Å². The van der Waals surface area contributed by atoms with Gasteiger partial charge in [0, 0.05) is 25.6 Å². The molecule has 1 aliphatic rings. The highest BCUT2D eigenvalue weighted by atomic mass is 35.5. The molecule has 136 valence electrons. The van der Waals surface area contributed by atoms with E-state index in [-0.39, 0.29) is 18.3 Å². The Balaban J connectivity index is 0.00000288. The number of likely N-dealkylation sites (tertiary alicyclic amines) is 1. The Bertz CT molecular complexity index is 486. The molecule has 2 rings (SSSR count). The van der Waals surface area contributed by atoms with Crippen molar-refractivity contribution in [2.24, 2.45) is 11.7 Å². The van der Waals surface area contributed by atoms with Crippen LogP contribution in [0.5, 0.6) is 0 Å². The van der Waals surface area contributed by atoms with Gasteiger partial charge >= 0.3 is 0 Å². The number of ether oxygens (including phenoxy) is 2. The Hall–Kier alpha value is -1.14. The molecule has 0 aliphatic carbocycles. The van der Waals surface area contributed by atoms with Gasteiger partial charge in [-0.2, -0.15) is 0 Å². The molecule has 1 aromatic carbocycles. The lowest BCUT2D eigenvalue weighted by Gasteiger charge is -2.21. The highest BCUT2D eigenvalue weighted by Crippen LogP contribution is 2.32. The summed E-state index contributed by atoms with van der Waals surface area (Å²) in [7, 11) is 0. The lowest BCUT2D eigenvalue weighted by Crippen LogP contribution is -2.38. The molecule has 1 heterocycles. The predicted octanol–water partition coefficient (Wildman–Crippen LogP) is 2.05. The maximum atomic E-state index is 12.6. The zero-order chi connectivity index (χ0) is 16.7. The summed E-state index contributed by atoms with van der Waals surface area (Å²) in [6.07, 6.45) is -0.441. The molecule has 6 heteroatoms. The minimum absolute atomic E-state index is 0. The van der Waals surface area contributed by atoms with Gasteiger partial charge in [0.25, 0.3) is 5.91 Å². The number of carbonyl (C=O) groups excluding carboxylic acids is 1. The van der Waals surface area contributed by atoms with Crippen molar-refractivity contribution in [3.05, 3.63) is 35.9 Å². The van der Waals surface area contributed by atoms with Crippen molar-refractivity contribution >= 4 is 18.3 Å². The van der Waals surface area contributed by atoms with Crippen LogP contribution in [0, 0.1) is 5.92 Å². The molecule has 1 amide bonds. The molecule has 0 radical (unpaired) electrons. The fourth-order valence-electron chi connectivity index (χ4n) is 3.12. The first-order chi connectivity index (χ1) is 11.2. The van der Waals surface area contributed by atoms with Gasteiger partial charge in [-0.05, 0) is 31.9 Å². The smallest absolute Gasteiger partial charge is 0.251 e. The summed E-state index contributed by atoms with van der Waals surface area (Å²) in [5, 5.41) is 0. The van der Waals surface area contributed by atoms with Crippen molar-refractivity contribution in [2.75, 3.05) is 39.5 Å². The van der Waals surface area contributed by atoms with E-state index in [1.165, 1.54) is 5.56 Å². The Morgan fingerprint density at radius 2 is 2.00 bits per heavy atom. The van der Waals surface area contributed by atoms with Crippen LogP contribution in [-0.2, 0) is 14.3 Å². The van der Waals surface area contributed by atoms with Gasteiger partial charge in [-0.3, -0.25) is 4.79 Å². The molecular weight excluding hydrogens is 328 g/mol. The van der Waals surface area contributed by atoms with Crippen LogP contribution in [0.25, 0.3) is 0 Å². The Labute approximate surface area is 150 Å². The van der Waals surface area contributed by atoms with E-state index < -0.39 is 6.10 Å². The minimum atomic E-state index is -0.441. The number of hydrogen-bond acceptors (Lipinski definition) is 4. The monoisotopic (exact) mass is 356 g/mol. The largest absolute Gasteiger partial charge is 0.379 e. The summed E-state index contributed by atoms with van der Waals surface area (Å²) in [5.74, 6) is 0.649. The minimum Gasteiger partial charge on any atom is -0.379 e. The fourth-order valence-corrected chi connectivity index (χ4v) is 3.12. The summed E-state index contributed by atoms with van der Waals surface area (Å²) >= 11 is 0. The summed E-state index contributed by atoms with van der Waals surface area (Å²) in [4.78, 5) is 14.5. The molecule has 0 aromatic heterocycles. The molecule has 2 N–H and O–H groups in total. The number of benzene rings is 1. The zero-order valence-corrected chi connectivity index (χ0v) is 15.3. The van der Waals surface area contributed by atoms with E-state index in [4.69, 9.17) is 15.2 Å². The average molecular weight is 357 g/mol. The van der Waals surface area contributed by atoms with E-state index >= 15 is 0 Å². The maximum absolute atomic E-state index is 12.6. The van der Waals surface area contributed by atoms with E-state index in [1.54, 1.807) is 0 Å². The first kappa shape index (κ1) is 20.9. The van der Waals surface area contributed by atoms with Gasteiger partial charge in [0.15, 0.2) is 0 Å². The van der Waals surface area contributed by atoms with E-state index in [2.05, 4.69) is 12.1 Å².